The molecule has 0 bridgehead atoms. The first-order valence-corrected chi connectivity index (χ1v) is 5.87. The van der Waals surface area contributed by atoms with Gasteiger partial charge in [0, 0.05) is 6.54 Å². The first-order chi connectivity index (χ1) is 8.61. The van der Waals surface area contributed by atoms with Crippen molar-refractivity contribution in [2.75, 3.05) is 6.54 Å². The molecule has 0 spiro atoms. The van der Waals surface area contributed by atoms with E-state index in [9.17, 15) is 14.7 Å². The lowest BCUT2D eigenvalue weighted by Crippen LogP contribution is -2.42. The van der Waals surface area contributed by atoms with Crippen LogP contribution in [0.5, 0.6) is 0 Å². The van der Waals surface area contributed by atoms with Crippen LogP contribution in [-0.4, -0.2) is 39.6 Å². The molecule has 0 aromatic heterocycles. The number of carboxylic acids is 1. The van der Waals surface area contributed by atoms with Crippen LogP contribution in [0.15, 0.2) is 30.3 Å². The van der Waals surface area contributed by atoms with E-state index in [0.29, 0.717) is 24.9 Å². The van der Waals surface area contributed by atoms with E-state index in [1.54, 1.807) is 30.3 Å². The number of hydrogen-bond acceptors (Lipinski definition) is 3. The molecule has 96 valence electrons. The highest BCUT2D eigenvalue weighted by molar-refractivity contribution is 5.87. The number of likely N-dealkylation sites (tertiary alicyclic amines) is 1. The minimum atomic E-state index is -1.29. The topological polar surface area (TPSA) is 77.8 Å². The van der Waals surface area contributed by atoms with Gasteiger partial charge in [-0.1, -0.05) is 30.3 Å². The summed E-state index contributed by atoms with van der Waals surface area (Å²) in [6.45, 7) is 0.389. The van der Waals surface area contributed by atoms with Crippen LogP contribution in [0.2, 0.25) is 0 Å². The monoisotopic (exact) mass is 249 g/mol. The van der Waals surface area contributed by atoms with Gasteiger partial charge in [0.2, 0.25) is 0 Å². The normalized spacial score (nSPS) is 20.7. The van der Waals surface area contributed by atoms with Crippen LogP contribution < -0.4 is 0 Å². The number of carboxylic acid groups (broad SMARTS) is 1. The third-order valence-corrected chi connectivity index (χ3v) is 3.17. The predicted octanol–water partition coefficient (Wildman–Crippen LogP) is 0.796. The van der Waals surface area contributed by atoms with Crippen LogP contribution >= 0.6 is 0 Å². The molecule has 1 aliphatic heterocycles. The Morgan fingerprint density at radius 3 is 2.56 bits per heavy atom. The second-order valence-corrected chi connectivity index (χ2v) is 4.34. The number of amides is 1. The van der Waals surface area contributed by atoms with Gasteiger partial charge in [-0.05, 0) is 18.4 Å². The van der Waals surface area contributed by atoms with Crippen LogP contribution in [0.4, 0.5) is 0 Å². The fourth-order valence-electron chi connectivity index (χ4n) is 2.22. The van der Waals surface area contributed by atoms with Gasteiger partial charge < -0.3 is 15.1 Å². The van der Waals surface area contributed by atoms with E-state index in [-0.39, 0.29) is 0 Å². The molecule has 2 rings (SSSR count). The first kappa shape index (κ1) is 12.6. The number of benzene rings is 1. The Morgan fingerprint density at radius 2 is 1.94 bits per heavy atom. The Hall–Kier alpha value is -1.88. The summed E-state index contributed by atoms with van der Waals surface area (Å²) < 4.78 is 0. The molecule has 0 aliphatic carbocycles. The number of rotatable bonds is 3. The molecule has 1 amide bonds. The molecule has 1 unspecified atom stereocenters. The van der Waals surface area contributed by atoms with E-state index in [0.717, 1.165) is 0 Å². The van der Waals surface area contributed by atoms with Gasteiger partial charge in [0.25, 0.3) is 5.91 Å². The number of carbonyl (C=O) groups is 2. The van der Waals surface area contributed by atoms with E-state index in [1.807, 2.05) is 0 Å². The summed E-state index contributed by atoms with van der Waals surface area (Å²) in [6, 6.07) is 7.73. The van der Waals surface area contributed by atoms with Gasteiger partial charge in [-0.15, -0.1) is 0 Å². The summed E-state index contributed by atoms with van der Waals surface area (Å²) in [5.41, 5.74) is 0.485. The number of aliphatic hydroxyl groups excluding tert-OH is 1. The van der Waals surface area contributed by atoms with E-state index in [1.165, 1.54) is 4.90 Å². The minimum absolute atomic E-state index is 0.389. The zero-order chi connectivity index (χ0) is 13.1. The largest absolute Gasteiger partial charge is 0.480 e. The second-order valence-electron chi connectivity index (χ2n) is 4.34. The summed E-state index contributed by atoms with van der Waals surface area (Å²) in [6.07, 6.45) is -0.182. The van der Waals surface area contributed by atoms with E-state index >= 15 is 0 Å². The zero-order valence-electron chi connectivity index (χ0n) is 9.82. The van der Waals surface area contributed by atoms with Crippen LogP contribution in [0.25, 0.3) is 0 Å². The number of hydrogen-bond donors (Lipinski definition) is 2. The molecule has 1 aromatic rings. The molecule has 5 heteroatoms. The summed E-state index contributed by atoms with van der Waals surface area (Å²) >= 11 is 0. The smallest absolute Gasteiger partial charge is 0.326 e. The molecule has 2 atom stereocenters. The Morgan fingerprint density at radius 1 is 1.28 bits per heavy atom. The molecule has 1 aliphatic rings. The van der Waals surface area contributed by atoms with Crippen LogP contribution in [0.3, 0.4) is 0 Å². The highest BCUT2D eigenvalue weighted by atomic mass is 16.4. The van der Waals surface area contributed by atoms with E-state index < -0.39 is 24.0 Å². The Kier molecular flexibility index (Phi) is 3.62. The van der Waals surface area contributed by atoms with Crippen molar-refractivity contribution in [3.05, 3.63) is 35.9 Å². The standard InChI is InChI=1S/C13H15NO4/c15-11(9-5-2-1-3-6-9)12(16)14-8-4-7-10(14)13(17)18/h1-3,5-6,10-11,15H,4,7-8H2,(H,17,18)/t10?,11-/m0/s1. The van der Waals surface area contributed by atoms with Crippen molar-refractivity contribution in [2.24, 2.45) is 0 Å². The van der Waals surface area contributed by atoms with Crippen molar-refractivity contribution < 1.29 is 19.8 Å². The number of aliphatic hydroxyl groups is 1. The molecule has 1 fully saturated rings. The summed E-state index contributed by atoms with van der Waals surface area (Å²) in [5.74, 6) is -1.55. The quantitative estimate of drug-likeness (QED) is 0.830. The molecular weight excluding hydrogens is 234 g/mol. The number of nitrogens with zero attached hydrogens (tertiary/aromatic N) is 1. The minimum Gasteiger partial charge on any atom is -0.480 e. The van der Waals surface area contributed by atoms with Gasteiger partial charge in [0.15, 0.2) is 6.10 Å². The summed E-state index contributed by atoms with van der Waals surface area (Å²) in [7, 11) is 0. The van der Waals surface area contributed by atoms with Gasteiger partial charge in [0.05, 0.1) is 0 Å². The molecule has 1 saturated heterocycles. The fraction of sp³-hybridized carbons (Fsp3) is 0.385. The van der Waals surface area contributed by atoms with Crippen molar-refractivity contribution >= 4 is 11.9 Å². The van der Waals surface area contributed by atoms with Gasteiger partial charge in [0.1, 0.15) is 6.04 Å². The molecule has 0 saturated carbocycles. The molecule has 0 radical (unpaired) electrons. The van der Waals surface area contributed by atoms with Gasteiger partial charge in [-0.2, -0.15) is 0 Å². The molecule has 1 heterocycles. The average Bonchev–Trinajstić information content (AvgIpc) is 2.87. The predicted molar refractivity (Wildman–Crippen MR) is 63.8 cm³/mol. The third kappa shape index (κ3) is 2.36. The summed E-state index contributed by atoms with van der Waals surface area (Å²) in [5, 5.41) is 19.0. The van der Waals surface area contributed by atoms with Gasteiger partial charge in [-0.25, -0.2) is 4.79 Å². The fourth-order valence-corrected chi connectivity index (χ4v) is 2.22. The lowest BCUT2D eigenvalue weighted by atomic mass is 10.1. The third-order valence-electron chi connectivity index (χ3n) is 3.17. The lowest BCUT2D eigenvalue weighted by molar-refractivity contribution is -0.152. The van der Waals surface area contributed by atoms with E-state index in [2.05, 4.69) is 0 Å². The Labute approximate surface area is 105 Å². The zero-order valence-corrected chi connectivity index (χ0v) is 9.82. The van der Waals surface area contributed by atoms with Gasteiger partial charge >= 0.3 is 5.97 Å². The van der Waals surface area contributed by atoms with Crippen molar-refractivity contribution in [3.8, 4) is 0 Å². The van der Waals surface area contributed by atoms with Crippen molar-refractivity contribution in [1.82, 2.24) is 4.90 Å². The average molecular weight is 249 g/mol. The molecular formula is C13H15NO4. The molecule has 1 aromatic carbocycles. The maximum absolute atomic E-state index is 12.1. The SMILES string of the molecule is O=C(O)C1CCCN1C(=O)[C@@H](O)c1ccccc1. The highest BCUT2D eigenvalue weighted by Crippen LogP contribution is 2.23. The van der Waals surface area contributed by atoms with Gasteiger partial charge in [-0.3, -0.25) is 4.79 Å². The van der Waals surface area contributed by atoms with Crippen LogP contribution in [0.1, 0.15) is 24.5 Å². The van der Waals surface area contributed by atoms with Crippen molar-refractivity contribution in [1.29, 1.82) is 0 Å². The molecule has 2 N–H and O–H groups in total. The maximum Gasteiger partial charge on any atom is 0.326 e. The van der Waals surface area contributed by atoms with Crippen molar-refractivity contribution in [3.63, 3.8) is 0 Å². The second kappa shape index (κ2) is 5.18. The maximum atomic E-state index is 12.1. The van der Waals surface area contributed by atoms with Crippen LogP contribution in [-0.2, 0) is 9.59 Å². The van der Waals surface area contributed by atoms with E-state index in [4.69, 9.17) is 5.11 Å². The van der Waals surface area contributed by atoms with Crippen LogP contribution in [0, 0.1) is 0 Å². The Balaban J connectivity index is 2.14. The number of aliphatic carboxylic acids is 1. The molecule has 18 heavy (non-hydrogen) atoms. The highest BCUT2D eigenvalue weighted by Gasteiger charge is 2.36. The lowest BCUT2D eigenvalue weighted by Gasteiger charge is -2.24. The number of carbonyl (C=O) groups excluding carboxylic acids is 1. The molecule has 5 nitrogen and oxygen atoms in total. The van der Waals surface area contributed by atoms with Crippen molar-refractivity contribution in [2.45, 2.75) is 25.0 Å². The summed E-state index contributed by atoms with van der Waals surface area (Å²) in [4.78, 5) is 24.3. The first-order valence-electron chi connectivity index (χ1n) is 5.87. The Bertz CT molecular complexity index is 446.